The third kappa shape index (κ3) is 4.66. The lowest BCUT2D eigenvalue weighted by Gasteiger charge is -2.10. The van der Waals surface area contributed by atoms with Crippen molar-refractivity contribution in [2.45, 2.75) is 13.8 Å². The fraction of sp³-hybridized carbons (Fsp3) is 0.364. The van der Waals surface area contributed by atoms with Crippen LogP contribution in [0, 0.1) is 6.92 Å². The van der Waals surface area contributed by atoms with E-state index >= 15 is 0 Å². The molecule has 1 aromatic rings. The van der Waals surface area contributed by atoms with Gasteiger partial charge in [0.25, 0.3) is 0 Å². The van der Waals surface area contributed by atoms with E-state index in [1.165, 1.54) is 0 Å². The van der Waals surface area contributed by atoms with Gasteiger partial charge in [0.15, 0.2) is 5.75 Å². The summed E-state index contributed by atoms with van der Waals surface area (Å²) in [6, 6.07) is 5.25. The molecular formula is C11H14BrNO4S. The largest absolute Gasteiger partial charge is 0.465 e. The van der Waals surface area contributed by atoms with Gasteiger partial charge in [-0.3, -0.25) is 9.52 Å². The lowest BCUT2D eigenvalue weighted by molar-refractivity contribution is -0.139. The first-order valence-electron chi connectivity index (χ1n) is 5.26. The maximum atomic E-state index is 11.7. The maximum absolute atomic E-state index is 11.7. The van der Waals surface area contributed by atoms with Crippen molar-refractivity contribution in [2.24, 2.45) is 0 Å². The minimum Gasteiger partial charge on any atom is -0.465 e. The zero-order valence-electron chi connectivity index (χ0n) is 10.1. The Morgan fingerprint density at radius 2 is 2.11 bits per heavy atom. The summed E-state index contributed by atoms with van der Waals surface area (Å²) in [7, 11) is -3.75. The van der Waals surface area contributed by atoms with E-state index in [0.717, 1.165) is 5.56 Å². The third-order valence-corrected chi connectivity index (χ3v) is 3.84. The van der Waals surface area contributed by atoms with Crippen molar-refractivity contribution in [3.05, 3.63) is 28.2 Å². The topological polar surface area (TPSA) is 72.5 Å². The quantitative estimate of drug-likeness (QED) is 0.836. The van der Waals surface area contributed by atoms with Crippen LogP contribution in [-0.2, 0) is 19.6 Å². The van der Waals surface area contributed by atoms with E-state index in [1.54, 1.807) is 19.1 Å². The number of sulfonamides is 1. The van der Waals surface area contributed by atoms with Gasteiger partial charge >= 0.3 is 5.97 Å². The Morgan fingerprint density at radius 3 is 2.72 bits per heavy atom. The molecule has 7 heteroatoms. The SMILES string of the molecule is CCOC(=O)CS(=O)(=O)Nc1cc(C)ccc1Br. The zero-order valence-corrected chi connectivity index (χ0v) is 12.5. The summed E-state index contributed by atoms with van der Waals surface area (Å²) in [5.74, 6) is -1.46. The number of hydrogen-bond donors (Lipinski definition) is 1. The van der Waals surface area contributed by atoms with Crippen molar-refractivity contribution in [1.29, 1.82) is 0 Å². The number of carbonyl (C=O) groups is 1. The van der Waals surface area contributed by atoms with E-state index in [4.69, 9.17) is 0 Å². The smallest absolute Gasteiger partial charge is 0.323 e. The summed E-state index contributed by atoms with van der Waals surface area (Å²) in [4.78, 5) is 11.1. The molecule has 0 amide bonds. The van der Waals surface area contributed by atoms with Crippen LogP contribution in [0.4, 0.5) is 5.69 Å². The first-order chi connectivity index (χ1) is 8.34. The molecule has 18 heavy (non-hydrogen) atoms. The first kappa shape index (κ1) is 15.0. The predicted octanol–water partition coefficient (Wildman–Crippen LogP) is 2.06. The summed E-state index contributed by atoms with van der Waals surface area (Å²) < 4.78 is 31.0. The normalized spacial score (nSPS) is 11.1. The number of nitrogens with one attached hydrogen (secondary N) is 1. The molecule has 0 aliphatic carbocycles. The molecule has 0 saturated carbocycles. The van der Waals surface area contributed by atoms with Gasteiger partial charge in [0, 0.05) is 4.47 Å². The molecule has 0 spiro atoms. The number of ether oxygens (including phenoxy) is 1. The van der Waals surface area contributed by atoms with Crippen LogP contribution >= 0.6 is 15.9 Å². The number of rotatable bonds is 5. The third-order valence-electron chi connectivity index (χ3n) is 2.00. The van der Waals surface area contributed by atoms with Crippen molar-refractivity contribution >= 4 is 37.6 Å². The lowest BCUT2D eigenvalue weighted by atomic mass is 10.2. The molecule has 0 bridgehead atoms. The van der Waals surface area contributed by atoms with Gasteiger partial charge in [0.2, 0.25) is 10.0 Å². The number of halogens is 1. The Bertz CT molecular complexity index is 542. The van der Waals surface area contributed by atoms with Gasteiger partial charge in [-0.05, 0) is 47.5 Å². The van der Waals surface area contributed by atoms with Crippen LogP contribution in [0.2, 0.25) is 0 Å². The Balaban J connectivity index is 2.82. The van der Waals surface area contributed by atoms with Crippen molar-refractivity contribution in [3.8, 4) is 0 Å². The molecule has 0 radical (unpaired) electrons. The van der Waals surface area contributed by atoms with Gasteiger partial charge in [-0.25, -0.2) is 8.42 Å². The molecule has 0 unspecified atom stereocenters. The molecule has 0 aromatic heterocycles. The van der Waals surface area contributed by atoms with Crippen molar-refractivity contribution < 1.29 is 17.9 Å². The van der Waals surface area contributed by atoms with E-state index in [2.05, 4.69) is 25.4 Å². The number of anilines is 1. The maximum Gasteiger partial charge on any atom is 0.323 e. The second-order valence-corrected chi connectivity index (χ2v) is 6.23. The highest BCUT2D eigenvalue weighted by Crippen LogP contribution is 2.24. The summed E-state index contributed by atoms with van der Waals surface area (Å²) in [5.41, 5.74) is 1.31. The van der Waals surface area contributed by atoms with Crippen molar-refractivity contribution in [2.75, 3.05) is 17.1 Å². The highest BCUT2D eigenvalue weighted by molar-refractivity contribution is 9.10. The summed E-state index contributed by atoms with van der Waals surface area (Å²) in [6.07, 6.45) is 0. The van der Waals surface area contributed by atoms with Gasteiger partial charge in [-0.1, -0.05) is 6.07 Å². The molecule has 1 aromatic carbocycles. The fourth-order valence-electron chi connectivity index (χ4n) is 1.28. The first-order valence-corrected chi connectivity index (χ1v) is 7.71. The molecule has 100 valence electrons. The molecule has 0 heterocycles. The Morgan fingerprint density at radius 1 is 1.44 bits per heavy atom. The average molecular weight is 336 g/mol. The van der Waals surface area contributed by atoms with E-state index in [0.29, 0.717) is 10.2 Å². The molecular weight excluding hydrogens is 322 g/mol. The Labute approximate surface area is 115 Å². The van der Waals surface area contributed by atoms with Crippen molar-refractivity contribution in [1.82, 2.24) is 0 Å². The molecule has 5 nitrogen and oxygen atoms in total. The molecule has 0 fully saturated rings. The van der Waals surface area contributed by atoms with Crippen LogP contribution < -0.4 is 4.72 Å². The van der Waals surface area contributed by atoms with Crippen LogP contribution in [-0.4, -0.2) is 26.7 Å². The number of hydrogen-bond acceptors (Lipinski definition) is 4. The summed E-state index contributed by atoms with van der Waals surface area (Å²) in [5, 5.41) is 0. The standard InChI is InChI=1S/C11H14BrNO4S/c1-3-17-11(14)7-18(15,16)13-10-6-8(2)4-5-9(10)12/h4-6,13H,3,7H2,1-2H3. The van der Waals surface area contributed by atoms with Crippen molar-refractivity contribution in [3.63, 3.8) is 0 Å². The van der Waals surface area contributed by atoms with Crippen LogP contribution in [0.25, 0.3) is 0 Å². The minimum absolute atomic E-state index is 0.155. The predicted molar refractivity (Wildman–Crippen MR) is 72.9 cm³/mol. The molecule has 0 aliphatic rings. The zero-order chi connectivity index (χ0) is 13.8. The second-order valence-electron chi connectivity index (χ2n) is 3.65. The van der Waals surface area contributed by atoms with Crippen LogP contribution in [0.15, 0.2) is 22.7 Å². The van der Waals surface area contributed by atoms with E-state index in [1.807, 2.05) is 13.0 Å². The number of esters is 1. The molecule has 1 N–H and O–H groups in total. The van der Waals surface area contributed by atoms with Crippen LogP contribution in [0.5, 0.6) is 0 Å². The molecule has 1 rings (SSSR count). The molecule has 0 saturated heterocycles. The lowest BCUT2D eigenvalue weighted by Crippen LogP contribution is -2.24. The monoisotopic (exact) mass is 335 g/mol. The highest BCUT2D eigenvalue weighted by Gasteiger charge is 2.18. The Hall–Kier alpha value is -1.08. The summed E-state index contributed by atoms with van der Waals surface area (Å²) in [6.45, 7) is 3.62. The van der Waals surface area contributed by atoms with Crippen LogP contribution in [0.3, 0.4) is 0 Å². The van der Waals surface area contributed by atoms with E-state index in [9.17, 15) is 13.2 Å². The van der Waals surface area contributed by atoms with E-state index < -0.39 is 21.7 Å². The highest BCUT2D eigenvalue weighted by atomic mass is 79.9. The minimum atomic E-state index is -3.75. The number of benzene rings is 1. The molecule has 0 atom stereocenters. The van der Waals surface area contributed by atoms with Gasteiger partial charge < -0.3 is 4.74 Å². The Kier molecular flexibility index (Phi) is 5.15. The second kappa shape index (κ2) is 6.19. The van der Waals surface area contributed by atoms with Gasteiger partial charge in [-0.2, -0.15) is 0 Å². The van der Waals surface area contributed by atoms with Crippen LogP contribution in [0.1, 0.15) is 12.5 Å². The van der Waals surface area contributed by atoms with Gasteiger partial charge in [0.05, 0.1) is 12.3 Å². The average Bonchev–Trinajstić information content (AvgIpc) is 2.22. The molecule has 0 aliphatic heterocycles. The van der Waals surface area contributed by atoms with Gasteiger partial charge in [0.1, 0.15) is 0 Å². The van der Waals surface area contributed by atoms with Gasteiger partial charge in [-0.15, -0.1) is 0 Å². The number of aryl methyl sites for hydroxylation is 1. The summed E-state index contributed by atoms with van der Waals surface area (Å²) >= 11 is 3.24. The van der Waals surface area contributed by atoms with E-state index in [-0.39, 0.29) is 6.61 Å². The fourth-order valence-corrected chi connectivity index (χ4v) is 2.73. The number of carbonyl (C=O) groups excluding carboxylic acids is 1.